The lowest BCUT2D eigenvalue weighted by atomic mass is 10.0. The molecule has 0 spiro atoms. The van der Waals surface area contributed by atoms with E-state index in [0.29, 0.717) is 0 Å². The second-order valence-corrected chi connectivity index (χ2v) is 5.61. The number of rotatable bonds is 1. The van der Waals surface area contributed by atoms with Gasteiger partial charge < -0.3 is 4.74 Å². The van der Waals surface area contributed by atoms with E-state index in [4.69, 9.17) is 4.74 Å². The van der Waals surface area contributed by atoms with Gasteiger partial charge in [0.2, 0.25) is 5.78 Å². The number of ether oxygens (including phenoxy) is 1. The van der Waals surface area contributed by atoms with E-state index in [1.54, 1.807) is 20.8 Å². The fourth-order valence-electron chi connectivity index (χ4n) is 2.01. The maximum atomic E-state index is 14.6. The molecule has 0 saturated carbocycles. The molecular formula is C14H14F2O3. The van der Waals surface area contributed by atoms with Gasteiger partial charge in [-0.25, -0.2) is 13.6 Å². The summed E-state index contributed by atoms with van der Waals surface area (Å²) in [6, 6.07) is 3.33. The third kappa shape index (κ3) is 2.37. The predicted octanol–water partition coefficient (Wildman–Crippen LogP) is 2.61. The Morgan fingerprint density at radius 1 is 1.37 bits per heavy atom. The highest BCUT2D eigenvalue weighted by atomic mass is 19.1. The standard InChI is InChI=1S/C14H14F2O3/c1-13(2,3)19-12(18)14(16)7-8-6-9(15)4-5-10(8)11(14)17/h4-6H,7H2,1-3H3/t14-/m0/s1. The fraction of sp³-hybridized carbons (Fsp3) is 0.429. The maximum Gasteiger partial charge on any atom is 0.353 e. The number of esters is 1. The number of fused-ring (bicyclic) bond motifs is 1. The van der Waals surface area contributed by atoms with Crippen molar-refractivity contribution in [2.45, 2.75) is 38.5 Å². The zero-order valence-electron chi connectivity index (χ0n) is 10.9. The average molecular weight is 268 g/mol. The van der Waals surface area contributed by atoms with Crippen molar-refractivity contribution in [3.05, 3.63) is 35.1 Å². The second kappa shape index (κ2) is 4.11. The lowest BCUT2D eigenvalue weighted by Gasteiger charge is -2.24. The first kappa shape index (κ1) is 13.6. The molecule has 102 valence electrons. The van der Waals surface area contributed by atoms with E-state index in [1.165, 1.54) is 6.07 Å². The molecule has 0 fully saturated rings. The first-order valence-corrected chi connectivity index (χ1v) is 5.89. The molecule has 1 aliphatic rings. The summed E-state index contributed by atoms with van der Waals surface area (Å²) in [5.41, 5.74) is -3.41. The minimum atomic E-state index is -2.75. The SMILES string of the molecule is CC(C)(C)OC(=O)[C@]1(F)Cc2cc(F)ccc2C1=O. The Morgan fingerprint density at radius 2 is 2.00 bits per heavy atom. The molecule has 0 amide bonds. The largest absolute Gasteiger partial charge is 0.457 e. The number of Topliss-reactive ketones (excluding diaryl/α,β-unsaturated/α-hetero) is 1. The molecule has 0 aliphatic heterocycles. The molecule has 19 heavy (non-hydrogen) atoms. The number of hydrogen-bond acceptors (Lipinski definition) is 3. The van der Waals surface area contributed by atoms with Crippen LogP contribution >= 0.6 is 0 Å². The first-order chi connectivity index (χ1) is 8.63. The molecule has 0 heterocycles. The Hall–Kier alpha value is -1.78. The van der Waals surface area contributed by atoms with Crippen molar-refractivity contribution in [2.75, 3.05) is 0 Å². The van der Waals surface area contributed by atoms with Gasteiger partial charge in [0.05, 0.1) is 0 Å². The van der Waals surface area contributed by atoms with Gasteiger partial charge in [0.25, 0.3) is 5.67 Å². The van der Waals surface area contributed by atoms with Crippen LogP contribution in [0.1, 0.15) is 36.7 Å². The Morgan fingerprint density at radius 3 is 2.58 bits per heavy atom. The normalized spacial score (nSPS) is 22.3. The molecule has 1 aromatic rings. The van der Waals surface area contributed by atoms with E-state index in [1.807, 2.05) is 0 Å². The highest BCUT2D eigenvalue weighted by Crippen LogP contribution is 2.35. The summed E-state index contributed by atoms with van der Waals surface area (Å²) < 4.78 is 32.6. The highest BCUT2D eigenvalue weighted by molar-refractivity contribution is 6.18. The molecule has 0 unspecified atom stereocenters. The third-order valence-electron chi connectivity index (χ3n) is 2.83. The molecule has 0 saturated heterocycles. The number of ketones is 1. The Labute approximate surface area is 109 Å². The lowest BCUT2D eigenvalue weighted by Crippen LogP contribution is -2.44. The zero-order chi connectivity index (χ0) is 14.4. The minimum absolute atomic E-state index is 0.0368. The van der Waals surface area contributed by atoms with Crippen LogP contribution in [0, 0.1) is 5.82 Å². The molecule has 3 nitrogen and oxygen atoms in total. The van der Waals surface area contributed by atoms with E-state index < -0.39 is 35.3 Å². The second-order valence-electron chi connectivity index (χ2n) is 5.61. The topological polar surface area (TPSA) is 43.4 Å². The molecule has 1 aromatic carbocycles. The highest BCUT2D eigenvalue weighted by Gasteiger charge is 2.54. The summed E-state index contributed by atoms with van der Waals surface area (Å²) in [7, 11) is 0. The van der Waals surface area contributed by atoms with Gasteiger partial charge in [-0.1, -0.05) is 0 Å². The van der Waals surface area contributed by atoms with Crippen molar-refractivity contribution in [1.82, 2.24) is 0 Å². The number of carbonyl (C=O) groups is 2. The molecule has 0 bridgehead atoms. The Bertz CT molecular complexity index is 560. The van der Waals surface area contributed by atoms with Crippen LogP contribution in [-0.4, -0.2) is 23.0 Å². The van der Waals surface area contributed by atoms with Crippen LogP contribution in [0.3, 0.4) is 0 Å². The van der Waals surface area contributed by atoms with Crippen molar-refractivity contribution >= 4 is 11.8 Å². The number of hydrogen-bond donors (Lipinski definition) is 0. The van der Waals surface area contributed by atoms with Crippen LogP contribution in [0.4, 0.5) is 8.78 Å². The lowest BCUT2D eigenvalue weighted by molar-refractivity contribution is -0.165. The summed E-state index contributed by atoms with van der Waals surface area (Å²) in [6.45, 7) is 4.75. The number of halogens is 2. The number of benzene rings is 1. The number of alkyl halides is 1. The summed E-state index contributed by atoms with van der Waals surface area (Å²) >= 11 is 0. The van der Waals surface area contributed by atoms with Gasteiger partial charge in [-0.05, 0) is 44.5 Å². The van der Waals surface area contributed by atoms with Crippen molar-refractivity contribution in [3.63, 3.8) is 0 Å². The zero-order valence-corrected chi connectivity index (χ0v) is 10.9. The van der Waals surface area contributed by atoms with E-state index in [0.717, 1.165) is 12.1 Å². The quantitative estimate of drug-likeness (QED) is 0.581. The first-order valence-electron chi connectivity index (χ1n) is 5.89. The molecule has 0 radical (unpaired) electrons. The van der Waals surface area contributed by atoms with E-state index in [2.05, 4.69) is 0 Å². The van der Waals surface area contributed by atoms with Gasteiger partial charge in [0.15, 0.2) is 0 Å². The molecule has 0 aromatic heterocycles. The fourth-order valence-corrected chi connectivity index (χ4v) is 2.01. The molecule has 2 rings (SSSR count). The monoisotopic (exact) mass is 268 g/mol. The molecule has 5 heteroatoms. The number of carbonyl (C=O) groups excluding carboxylic acids is 2. The van der Waals surface area contributed by atoms with Crippen molar-refractivity contribution in [3.8, 4) is 0 Å². The van der Waals surface area contributed by atoms with Crippen LogP contribution in [0.2, 0.25) is 0 Å². The molecule has 1 aliphatic carbocycles. The van der Waals surface area contributed by atoms with Gasteiger partial charge in [-0.2, -0.15) is 0 Å². The molecule has 0 N–H and O–H groups in total. The Balaban J connectivity index is 2.34. The summed E-state index contributed by atoms with van der Waals surface area (Å²) in [6.07, 6.45) is -0.478. The average Bonchev–Trinajstić information content (AvgIpc) is 2.49. The summed E-state index contributed by atoms with van der Waals surface area (Å²) in [4.78, 5) is 23.8. The molecular weight excluding hydrogens is 254 g/mol. The Kier molecular flexibility index (Phi) is 2.96. The van der Waals surface area contributed by atoms with Crippen LogP contribution in [0.15, 0.2) is 18.2 Å². The minimum Gasteiger partial charge on any atom is -0.457 e. The third-order valence-corrected chi connectivity index (χ3v) is 2.83. The smallest absolute Gasteiger partial charge is 0.353 e. The van der Waals surface area contributed by atoms with Gasteiger partial charge >= 0.3 is 5.97 Å². The van der Waals surface area contributed by atoms with Crippen LogP contribution < -0.4 is 0 Å². The van der Waals surface area contributed by atoms with Crippen molar-refractivity contribution in [2.24, 2.45) is 0 Å². The predicted molar refractivity (Wildman–Crippen MR) is 64.1 cm³/mol. The van der Waals surface area contributed by atoms with Gasteiger partial charge in [0, 0.05) is 12.0 Å². The van der Waals surface area contributed by atoms with Gasteiger partial charge in [-0.15, -0.1) is 0 Å². The van der Waals surface area contributed by atoms with E-state index in [-0.39, 0.29) is 11.1 Å². The van der Waals surface area contributed by atoms with Crippen LogP contribution in [-0.2, 0) is 16.0 Å². The molecule has 1 atom stereocenters. The van der Waals surface area contributed by atoms with Gasteiger partial charge in [-0.3, -0.25) is 4.79 Å². The van der Waals surface area contributed by atoms with Crippen LogP contribution in [0.5, 0.6) is 0 Å². The van der Waals surface area contributed by atoms with Crippen LogP contribution in [0.25, 0.3) is 0 Å². The van der Waals surface area contributed by atoms with E-state index >= 15 is 0 Å². The summed E-state index contributed by atoms with van der Waals surface area (Å²) in [5.74, 6) is -2.75. The maximum absolute atomic E-state index is 14.6. The van der Waals surface area contributed by atoms with Crippen molar-refractivity contribution in [1.29, 1.82) is 0 Å². The van der Waals surface area contributed by atoms with E-state index in [9.17, 15) is 18.4 Å². The van der Waals surface area contributed by atoms with Gasteiger partial charge in [0.1, 0.15) is 11.4 Å². The summed E-state index contributed by atoms with van der Waals surface area (Å²) in [5, 5.41) is 0. The van der Waals surface area contributed by atoms with Crippen molar-refractivity contribution < 1.29 is 23.1 Å².